The van der Waals surface area contributed by atoms with Crippen molar-refractivity contribution in [1.82, 2.24) is 35.4 Å². The molecule has 2 N–H and O–H groups in total. The molecule has 5 amide bonds. The summed E-state index contributed by atoms with van der Waals surface area (Å²) in [6.07, 6.45) is 11.5. The second-order valence-corrected chi connectivity index (χ2v) is 17.8. The third-order valence-corrected chi connectivity index (χ3v) is 13.8. The largest absolute Gasteiger partial charge is 0.490 e. The minimum atomic E-state index is -0.966. The van der Waals surface area contributed by atoms with Gasteiger partial charge in [0.1, 0.15) is 17.9 Å². The molecule has 2 saturated carbocycles. The van der Waals surface area contributed by atoms with Gasteiger partial charge < -0.3 is 19.9 Å². The second-order valence-electron chi connectivity index (χ2n) is 17.4. The Morgan fingerprint density at radius 2 is 1.68 bits per heavy atom. The van der Waals surface area contributed by atoms with Crippen LogP contribution in [0.25, 0.3) is 0 Å². The Bertz CT molecular complexity index is 2210. The minimum absolute atomic E-state index is 0.0286. The standard InChI is InChI=1S/C43H48ClN9O6/c44-35-20-32(9-3-27(35)21-45)59-31-10-4-28(5-11-31)47-39(55)36-22-46-53(49-36)29-6-1-26(2-7-29)23-50-17-15-43(16-18-50)24-51(25-43)30-8-12-33-34(19-30)42(58)52(41(33)57)37-13-14-38(54)48-40(37)56/h3,8-9,12,19-20,22,26,28-29,31,37H,1-2,4-7,10-11,13-18,23-25H2,(H,47,55)(H,48,54,56). The highest BCUT2D eigenvalue weighted by Crippen LogP contribution is 2.44. The van der Waals surface area contributed by atoms with Gasteiger partial charge in [-0.15, -0.1) is 5.10 Å². The maximum absolute atomic E-state index is 13.3. The number of benzene rings is 2. The summed E-state index contributed by atoms with van der Waals surface area (Å²) in [5.41, 5.74) is 2.56. The zero-order valence-corrected chi connectivity index (χ0v) is 33.7. The molecule has 4 aliphatic heterocycles. The number of likely N-dealkylation sites (tertiary alicyclic amines) is 1. The van der Waals surface area contributed by atoms with Gasteiger partial charge in [0.15, 0.2) is 5.69 Å². The second kappa shape index (κ2) is 16.0. The molecule has 1 unspecified atom stereocenters. The predicted molar refractivity (Wildman–Crippen MR) is 215 cm³/mol. The summed E-state index contributed by atoms with van der Waals surface area (Å²) in [6.45, 7) is 5.03. The van der Waals surface area contributed by atoms with Gasteiger partial charge in [-0.25, -0.2) is 0 Å². The molecule has 5 heterocycles. The van der Waals surface area contributed by atoms with Gasteiger partial charge in [-0.3, -0.25) is 34.2 Å². The first-order chi connectivity index (χ1) is 28.5. The first-order valence-electron chi connectivity index (χ1n) is 21.0. The highest BCUT2D eigenvalue weighted by Gasteiger charge is 2.47. The lowest BCUT2D eigenvalue weighted by Gasteiger charge is -2.55. The molecule has 3 saturated heterocycles. The lowest BCUT2D eigenvalue weighted by molar-refractivity contribution is -0.136. The topological polar surface area (TPSA) is 183 Å². The fraction of sp³-hybridized carbons (Fsp3) is 0.535. The molecule has 9 rings (SSSR count). The Balaban J connectivity index is 0.687. The molecule has 2 aliphatic carbocycles. The Kier molecular flexibility index (Phi) is 10.6. The van der Waals surface area contributed by atoms with Crippen LogP contribution in [-0.2, 0) is 9.59 Å². The quantitative estimate of drug-likeness (QED) is 0.287. The number of nitrogens with one attached hydrogen (secondary N) is 2. The van der Waals surface area contributed by atoms with Gasteiger partial charge >= 0.3 is 0 Å². The fourth-order valence-corrected chi connectivity index (χ4v) is 10.3. The van der Waals surface area contributed by atoms with E-state index in [1.807, 2.05) is 6.07 Å². The molecule has 0 radical (unpaired) electrons. The van der Waals surface area contributed by atoms with Crippen molar-refractivity contribution in [2.24, 2.45) is 11.3 Å². The summed E-state index contributed by atoms with van der Waals surface area (Å²) in [4.78, 5) is 71.3. The molecule has 1 aromatic heterocycles. The summed E-state index contributed by atoms with van der Waals surface area (Å²) in [7, 11) is 0. The van der Waals surface area contributed by atoms with Crippen LogP contribution in [0.15, 0.2) is 42.6 Å². The molecule has 15 nitrogen and oxygen atoms in total. The highest BCUT2D eigenvalue weighted by molar-refractivity contribution is 6.31. The van der Waals surface area contributed by atoms with E-state index in [4.69, 9.17) is 21.6 Å². The number of anilines is 1. The number of nitriles is 1. The number of ether oxygens (including phenoxy) is 1. The summed E-state index contributed by atoms with van der Waals surface area (Å²) in [6, 6.07) is 11.8. The fourth-order valence-electron chi connectivity index (χ4n) is 10.0. The normalized spacial score (nSPS) is 26.9. The Morgan fingerprint density at radius 1 is 0.932 bits per heavy atom. The third kappa shape index (κ3) is 7.92. The van der Waals surface area contributed by atoms with Crippen molar-refractivity contribution >= 4 is 46.8 Å². The number of nitrogens with zero attached hydrogens (tertiary/aromatic N) is 7. The number of carbonyl (C=O) groups excluding carboxylic acids is 5. The van der Waals surface area contributed by atoms with Crippen LogP contribution in [0.2, 0.25) is 5.02 Å². The Labute approximate surface area is 347 Å². The molecule has 1 spiro atoms. The third-order valence-electron chi connectivity index (χ3n) is 13.5. The van der Waals surface area contributed by atoms with Gasteiger partial charge in [0.2, 0.25) is 11.8 Å². The summed E-state index contributed by atoms with van der Waals surface area (Å²) in [5, 5.41) is 24.0. The number of imide groups is 2. The molecule has 3 aromatic rings. The molecule has 1 atom stereocenters. The number of piperidine rings is 2. The molecule has 16 heteroatoms. The number of amides is 5. The lowest BCUT2D eigenvalue weighted by atomic mass is 9.71. The van der Waals surface area contributed by atoms with Crippen LogP contribution >= 0.6 is 11.6 Å². The first kappa shape index (κ1) is 39.1. The van der Waals surface area contributed by atoms with E-state index >= 15 is 0 Å². The number of hydrogen-bond acceptors (Lipinski definition) is 11. The van der Waals surface area contributed by atoms with Gasteiger partial charge in [0.25, 0.3) is 17.7 Å². The molecular weight excluding hydrogens is 774 g/mol. The van der Waals surface area contributed by atoms with Crippen molar-refractivity contribution in [2.75, 3.05) is 37.6 Å². The van der Waals surface area contributed by atoms with Crippen LogP contribution in [0.1, 0.15) is 120 Å². The van der Waals surface area contributed by atoms with Gasteiger partial charge in [0.05, 0.1) is 40.1 Å². The van der Waals surface area contributed by atoms with Gasteiger partial charge in [-0.05, 0) is 120 Å². The smallest absolute Gasteiger partial charge is 0.273 e. The van der Waals surface area contributed by atoms with E-state index in [0.29, 0.717) is 39.1 Å². The number of hydrogen-bond donors (Lipinski definition) is 2. The number of carbonyl (C=O) groups is 5. The average Bonchev–Trinajstić information content (AvgIpc) is 3.81. The van der Waals surface area contributed by atoms with Crippen molar-refractivity contribution in [3.63, 3.8) is 0 Å². The average molecular weight is 822 g/mol. The van der Waals surface area contributed by atoms with E-state index in [2.05, 4.69) is 36.7 Å². The molecule has 308 valence electrons. The zero-order chi connectivity index (χ0) is 40.8. The van der Waals surface area contributed by atoms with Crippen LogP contribution < -0.4 is 20.3 Å². The number of aromatic nitrogens is 3. The minimum Gasteiger partial charge on any atom is -0.490 e. The van der Waals surface area contributed by atoms with Crippen molar-refractivity contribution in [3.8, 4) is 11.8 Å². The van der Waals surface area contributed by atoms with Crippen LogP contribution in [0, 0.1) is 22.7 Å². The van der Waals surface area contributed by atoms with Crippen molar-refractivity contribution in [2.45, 2.75) is 101 Å². The van der Waals surface area contributed by atoms with Crippen LogP contribution in [-0.4, -0.2) is 105 Å². The van der Waals surface area contributed by atoms with Crippen molar-refractivity contribution < 1.29 is 28.7 Å². The maximum atomic E-state index is 13.3. The molecule has 6 aliphatic rings. The Morgan fingerprint density at radius 3 is 2.39 bits per heavy atom. The molecule has 2 aromatic carbocycles. The molecule has 59 heavy (non-hydrogen) atoms. The van der Waals surface area contributed by atoms with Crippen LogP contribution in [0.5, 0.6) is 5.75 Å². The monoisotopic (exact) mass is 821 g/mol. The Hall–Kier alpha value is -5.33. The van der Waals surface area contributed by atoms with E-state index < -0.39 is 23.8 Å². The summed E-state index contributed by atoms with van der Waals surface area (Å²) >= 11 is 6.16. The van der Waals surface area contributed by atoms with Gasteiger partial charge in [-0.2, -0.15) is 15.2 Å². The van der Waals surface area contributed by atoms with E-state index in [-0.39, 0.29) is 48.3 Å². The number of halogens is 1. The predicted octanol–water partition coefficient (Wildman–Crippen LogP) is 4.66. The SMILES string of the molecule is N#Cc1ccc(OC2CCC(NC(=O)c3cnn(C4CCC(CN5CCC6(CC5)CN(c5ccc7c(c5)C(=O)N(C5CCC(=O)NC5=O)C7=O)C6)CC4)n3)CC2)cc1Cl. The first-order valence-corrected chi connectivity index (χ1v) is 21.3. The highest BCUT2D eigenvalue weighted by atomic mass is 35.5. The van der Waals surface area contributed by atoms with E-state index in [0.717, 1.165) is 108 Å². The number of rotatable bonds is 9. The van der Waals surface area contributed by atoms with Crippen molar-refractivity contribution in [1.29, 1.82) is 5.26 Å². The van der Waals surface area contributed by atoms with E-state index in [9.17, 15) is 24.0 Å². The van der Waals surface area contributed by atoms with Gasteiger partial charge in [0, 0.05) is 49.3 Å². The van der Waals surface area contributed by atoms with E-state index in [1.54, 1.807) is 41.3 Å². The summed E-state index contributed by atoms with van der Waals surface area (Å²) < 4.78 is 6.09. The molecule has 0 bridgehead atoms. The van der Waals surface area contributed by atoms with E-state index in [1.165, 1.54) is 0 Å². The summed E-state index contributed by atoms with van der Waals surface area (Å²) in [5.74, 6) is -0.866. The van der Waals surface area contributed by atoms with Crippen LogP contribution in [0.4, 0.5) is 5.69 Å². The lowest BCUT2D eigenvalue weighted by Crippen LogP contribution is -2.60. The maximum Gasteiger partial charge on any atom is 0.273 e. The molecular formula is C43H48ClN9O6. The zero-order valence-electron chi connectivity index (χ0n) is 32.9. The van der Waals surface area contributed by atoms with Crippen LogP contribution in [0.3, 0.4) is 0 Å². The molecule has 5 fully saturated rings. The number of fused-ring (bicyclic) bond motifs is 1. The van der Waals surface area contributed by atoms with Crippen molar-refractivity contribution in [3.05, 3.63) is 70.0 Å². The van der Waals surface area contributed by atoms with Gasteiger partial charge in [-0.1, -0.05) is 11.6 Å².